The molecule has 0 fully saturated rings. The van der Waals surface area contributed by atoms with E-state index >= 15 is 0 Å². The lowest BCUT2D eigenvalue weighted by Crippen LogP contribution is -2.47. The molecule has 0 saturated heterocycles. The lowest BCUT2D eigenvalue weighted by Gasteiger charge is -2.42. The molecule has 1 N–H and O–H groups in total. The monoisotopic (exact) mass is 479 g/mol. The SMILES string of the molecule is COc1ccc([N+](=O)[O-])cc1NC(=O)[C@H]1c2ccccc2C(=O)N(CC(C)C)[C@H]1c1cccs1. The van der Waals surface area contributed by atoms with Gasteiger partial charge in [-0.3, -0.25) is 19.7 Å². The highest BCUT2D eigenvalue weighted by Gasteiger charge is 2.44. The Kier molecular flexibility index (Phi) is 6.65. The summed E-state index contributed by atoms with van der Waals surface area (Å²) in [6.45, 7) is 4.55. The van der Waals surface area contributed by atoms with Crippen LogP contribution in [0.15, 0.2) is 60.0 Å². The van der Waals surface area contributed by atoms with Gasteiger partial charge in [-0.05, 0) is 35.1 Å². The highest BCUT2D eigenvalue weighted by atomic mass is 32.1. The van der Waals surface area contributed by atoms with Gasteiger partial charge in [-0.2, -0.15) is 0 Å². The zero-order chi connectivity index (χ0) is 24.4. The van der Waals surface area contributed by atoms with Gasteiger partial charge in [0.05, 0.1) is 29.7 Å². The molecule has 0 aliphatic carbocycles. The fourth-order valence-electron chi connectivity index (χ4n) is 4.36. The third-order valence-electron chi connectivity index (χ3n) is 5.77. The number of nitrogens with one attached hydrogen (secondary N) is 1. The normalized spacial score (nSPS) is 17.4. The van der Waals surface area contributed by atoms with Crippen LogP contribution in [0.5, 0.6) is 5.75 Å². The predicted octanol–water partition coefficient (Wildman–Crippen LogP) is 5.24. The molecule has 8 nitrogen and oxygen atoms in total. The first-order chi connectivity index (χ1) is 16.3. The molecule has 0 spiro atoms. The summed E-state index contributed by atoms with van der Waals surface area (Å²) >= 11 is 1.49. The van der Waals surface area contributed by atoms with Gasteiger partial charge in [0, 0.05) is 29.1 Å². The van der Waals surface area contributed by atoms with Crippen LogP contribution in [0, 0.1) is 16.0 Å². The Morgan fingerprint density at radius 1 is 1.21 bits per heavy atom. The van der Waals surface area contributed by atoms with Gasteiger partial charge < -0.3 is 15.0 Å². The topological polar surface area (TPSA) is 102 Å². The minimum atomic E-state index is -0.713. The van der Waals surface area contributed by atoms with Gasteiger partial charge in [0.1, 0.15) is 5.75 Å². The second kappa shape index (κ2) is 9.64. The molecule has 0 saturated carbocycles. The van der Waals surface area contributed by atoms with Gasteiger partial charge in [0.15, 0.2) is 0 Å². The van der Waals surface area contributed by atoms with Crippen LogP contribution in [0.4, 0.5) is 11.4 Å². The largest absolute Gasteiger partial charge is 0.495 e. The van der Waals surface area contributed by atoms with Crippen molar-refractivity contribution < 1.29 is 19.2 Å². The van der Waals surface area contributed by atoms with Gasteiger partial charge in [-0.1, -0.05) is 38.1 Å². The van der Waals surface area contributed by atoms with Crippen LogP contribution in [0.1, 0.15) is 46.6 Å². The average molecular weight is 480 g/mol. The number of amides is 2. The number of nitrogens with zero attached hydrogens (tertiary/aromatic N) is 2. The molecule has 1 aliphatic rings. The number of methoxy groups -OCH3 is 1. The van der Waals surface area contributed by atoms with Crippen LogP contribution < -0.4 is 10.1 Å². The minimum absolute atomic E-state index is 0.111. The summed E-state index contributed by atoms with van der Waals surface area (Å²) in [4.78, 5) is 40.8. The number of carbonyl (C=O) groups is 2. The Morgan fingerprint density at radius 3 is 2.62 bits per heavy atom. The number of hydrogen-bond acceptors (Lipinski definition) is 6. The molecule has 2 heterocycles. The second-order valence-corrected chi connectivity index (χ2v) is 9.49. The van der Waals surface area contributed by atoms with Gasteiger partial charge in [0.2, 0.25) is 5.91 Å². The van der Waals surface area contributed by atoms with Crippen LogP contribution in [0.2, 0.25) is 0 Å². The fraction of sp³-hybridized carbons (Fsp3) is 0.280. The summed E-state index contributed by atoms with van der Waals surface area (Å²) in [5.41, 5.74) is 1.16. The molecule has 34 heavy (non-hydrogen) atoms. The Hall–Kier alpha value is -3.72. The summed E-state index contributed by atoms with van der Waals surface area (Å²) in [6, 6.07) is 14.5. The van der Waals surface area contributed by atoms with E-state index < -0.39 is 16.9 Å². The maximum Gasteiger partial charge on any atom is 0.271 e. The van der Waals surface area contributed by atoms with Gasteiger partial charge in [-0.25, -0.2) is 0 Å². The highest BCUT2D eigenvalue weighted by molar-refractivity contribution is 7.10. The van der Waals surface area contributed by atoms with E-state index in [1.54, 1.807) is 23.1 Å². The lowest BCUT2D eigenvalue weighted by atomic mass is 9.81. The molecule has 2 amide bonds. The maximum atomic E-state index is 13.9. The quantitative estimate of drug-likeness (QED) is 0.369. The molecule has 1 aromatic heterocycles. The Morgan fingerprint density at radius 2 is 1.97 bits per heavy atom. The first-order valence-electron chi connectivity index (χ1n) is 10.9. The molecular formula is C25H25N3O5S. The standard InChI is InChI=1S/C25H25N3O5S/c1-15(2)14-27-23(21-9-6-12-34-21)22(17-7-4-5-8-18(17)25(27)30)24(29)26-19-13-16(28(31)32)10-11-20(19)33-3/h4-13,15,22-23H,14H2,1-3H3,(H,26,29)/t22-,23-/m0/s1. The number of hydrogen-bond donors (Lipinski definition) is 1. The number of ether oxygens (including phenoxy) is 1. The van der Waals surface area contributed by atoms with E-state index in [4.69, 9.17) is 4.74 Å². The first-order valence-corrected chi connectivity index (χ1v) is 11.8. The molecule has 0 unspecified atom stereocenters. The molecule has 0 bridgehead atoms. The molecule has 176 valence electrons. The van der Waals surface area contributed by atoms with Crippen molar-refractivity contribution in [3.8, 4) is 5.75 Å². The summed E-state index contributed by atoms with van der Waals surface area (Å²) in [5.74, 6) is -0.691. The summed E-state index contributed by atoms with van der Waals surface area (Å²) in [7, 11) is 1.43. The van der Waals surface area contributed by atoms with Crippen molar-refractivity contribution in [3.05, 3.63) is 86.1 Å². The summed E-state index contributed by atoms with van der Waals surface area (Å²) < 4.78 is 5.33. The van der Waals surface area contributed by atoms with Crippen LogP contribution in [-0.4, -0.2) is 35.3 Å². The number of nitro groups is 1. The van der Waals surface area contributed by atoms with Crippen molar-refractivity contribution in [1.82, 2.24) is 4.90 Å². The van der Waals surface area contributed by atoms with E-state index in [2.05, 4.69) is 5.32 Å². The Balaban J connectivity index is 1.83. The van der Waals surface area contributed by atoms with Crippen LogP contribution in [-0.2, 0) is 4.79 Å². The Labute approximate surface area is 201 Å². The van der Waals surface area contributed by atoms with Crippen molar-refractivity contribution in [2.75, 3.05) is 19.0 Å². The van der Waals surface area contributed by atoms with Crippen molar-refractivity contribution in [2.24, 2.45) is 5.92 Å². The number of anilines is 1. The van der Waals surface area contributed by atoms with E-state index in [9.17, 15) is 19.7 Å². The van der Waals surface area contributed by atoms with Crippen LogP contribution >= 0.6 is 11.3 Å². The third-order valence-corrected chi connectivity index (χ3v) is 6.71. The molecule has 0 radical (unpaired) electrons. The smallest absolute Gasteiger partial charge is 0.271 e. The van der Waals surface area contributed by atoms with E-state index in [0.717, 1.165) is 4.88 Å². The van der Waals surface area contributed by atoms with E-state index in [-0.39, 0.29) is 29.1 Å². The number of thiophene rings is 1. The number of rotatable bonds is 7. The van der Waals surface area contributed by atoms with E-state index in [1.165, 1.54) is 36.6 Å². The molecule has 2 aromatic carbocycles. The van der Waals surface area contributed by atoms with Crippen LogP contribution in [0.25, 0.3) is 0 Å². The van der Waals surface area contributed by atoms with Crippen LogP contribution in [0.3, 0.4) is 0 Å². The number of benzene rings is 2. The Bertz CT molecular complexity index is 1230. The summed E-state index contributed by atoms with van der Waals surface area (Å²) in [5, 5.41) is 16.1. The van der Waals surface area contributed by atoms with Gasteiger partial charge in [-0.15, -0.1) is 11.3 Å². The minimum Gasteiger partial charge on any atom is -0.495 e. The van der Waals surface area contributed by atoms with Gasteiger partial charge in [0.25, 0.3) is 11.6 Å². The molecular weight excluding hydrogens is 454 g/mol. The molecule has 1 aliphatic heterocycles. The average Bonchev–Trinajstić information content (AvgIpc) is 3.34. The van der Waals surface area contributed by atoms with Crippen molar-refractivity contribution >= 4 is 34.5 Å². The zero-order valence-corrected chi connectivity index (χ0v) is 19.9. The van der Waals surface area contributed by atoms with Crippen molar-refractivity contribution in [2.45, 2.75) is 25.8 Å². The maximum absolute atomic E-state index is 13.9. The molecule has 2 atom stereocenters. The van der Waals surface area contributed by atoms with E-state index in [0.29, 0.717) is 23.4 Å². The lowest BCUT2D eigenvalue weighted by molar-refractivity contribution is -0.384. The molecule has 9 heteroatoms. The number of carbonyl (C=O) groups excluding carboxylic acids is 2. The summed E-state index contributed by atoms with van der Waals surface area (Å²) in [6.07, 6.45) is 0. The molecule has 4 rings (SSSR count). The fourth-order valence-corrected chi connectivity index (χ4v) is 5.24. The number of non-ortho nitro benzene ring substituents is 1. The van der Waals surface area contributed by atoms with E-state index in [1.807, 2.05) is 37.4 Å². The first kappa shape index (κ1) is 23.4. The third kappa shape index (κ3) is 4.38. The molecule has 3 aromatic rings. The number of nitro benzene ring substituents is 1. The number of fused-ring (bicyclic) bond motifs is 1. The predicted molar refractivity (Wildman–Crippen MR) is 130 cm³/mol. The van der Waals surface area contributed by atoms with Crippen molar-refractivity contribution in [1.29, 1.82) is 0 Å². The highest BCUT2D eigenvalue weighted by Crippen LogP contribution is 2.45. The van der Waals surface area contributed by atoms with Gasteiger partial charge >= 0.3 is 0 Å². The second-order valence-electron chi connectivity index (χ2n) is 8.51. The van der Waals surface area contributed by atoms with Crippen molar-refractivity contribution in [3.63, 3.8) is 0 Å². The zero-order valence-electron chi connectivity index (χ0n) is 19.1.